The van der Waals surface area contributed by atoms with E-state index in [2.05, 4.69) is 10.4 Å². The number of carbonyl (C=O) groups is 1. The molecule has 32 heavy (non-hydrogen) atoms. The Morgan fingerprint density at radius 2 is 1.75 bits per heavy atom. The molecule has 2 heterocycles. The van der Waals surface area contributed by atoms with Crippen LogP contribution >= 0.6 is 0 Å². The Morgan fingerprint density at radius 3 is 2.44 bits per heavy atom. The Bertz CT molecular complexity index is 1290. The van der Waals surface area contributed by atoms with E-state index >= 15 is 0 Å². The number of fused-ring (bicyclic) bond motifs is 1. The average molecular weight is 431 g/mol. The number of carbonyl (C=O) groups excluding carboxylic acids is 1. The summed E-state index contributed by atoms with van der Waals surface area (Å²) in [7, 11) is 3.21. The smallest absolute Gasteiger partial charge is 0.252 e. The number of hydrogen-bond acceptors (Lipinski definition) is 5. The molecule has 0 atom stereocenters. The number of pyridine rings is 1. The molecule has 1 amide bonds. The number of nitrogens with one attached hydrogen (secondary N) is 1. The molecule has 7 heteroatoms. The van der Waals surface area contributed by atoms with Gasteiger partial charge < -0.3 is 14.8 Å². The van der Waals surface area contributed by atoms with Crippen LogP contribution in [0.25, 0.3) is 16.7 Å². The first-order valence-electron chi connectivity index (χ1n) is 10.3. The lowest BCUT2D eigenvalue weighted by atomic mass is 10.1. The summed E-state index contributed by atoms with van der Waals surface area (Å²) in [4.78, 5) is 17.9. The highest BCUT2D eigenvalue weighted by Crippen LogP contribution is 2.26. The Hall–Kier alpha value is -3.87. The molecule has 0 aliphatic heterocycles. The van der Waals surface area contributed by atoms with Crippen LogP contribution in [0, 0.1) is 20.8 Å². The zero-order valence-electron chi connectivity index (χ0n) is 18.9. The largest absolute Gasteiger partial charge is 0.497 e. The number of aryl methyl sites for hydroxylation is 3. The second-order valence-corrected chi connectivity index (χ2v) is 7.70. The Morgan fingerprint density at radius 1 is 1.00 bits per heavy atom. The van der Waals surface area contributed by atoms with Gasteiger partial charge in [-0.2, -0.15) is 5.10 Å². The van der Waals surface area contributed by atoms with Crippen LogP contribution < -0.4 is 14.8 Å². The SMILES string of the molecule is COc1ccc(OC)c(CNC(=O)c2cc(C)nc3c2c(C)nn3-c2ccc(C)cc2)c1. The fraction of sp³-hybridized carbons (Fsp3) is 0.240. The minimum atomic E-state index is -0.197. The number of nitrogens with zero attached hydrogens (tertiary/aromatic N) is 3. The average Bonchev–Trinajstić information content (AvgIpc) is 3.13. The maximum Gasteiger partial charge on any atom is 0.252 e. The van der Waals surface area contributed by atoms with E-state index in [1.807, 2.05) is 63.2 Å². The molecule has 0 aliphatic rings. The molecule has 0 unspecified atom stereocenters. The second-order valence-electron chi connectivity index (χ2n) is 7.70. The predicted molar refractivity (Wildman–Crippen MR) is 124 cm³/mol. The van der Waals surface area contributed by atoms with Crippen LogP contribution in [0.2, 0.25) is 0 Å². The van der Waals surface area contributed by atoms with Gasteiger partial charge in [0.2, 0.25) is 0 Å². The van der Waals surface area contributed by atoms with Crippen molar-refractivity contribution in [2.24, 2.45) is 0 Å². The van der Waals surface area contributed by atoms with Gasteiger partial charge in [-0.05, 0) is 57.2 Å². The summed E-state index contributed by atoms with van der Waals surface area (Å²) in [5.41, 5.74) is 5.60. The maximum atomic E-state index is 13.2. The summed E-state index contributed by atoms with van der Waals surface area (Å²) in [5.74, 6) is 1.19. The second kappa shape index (κ2) is 8.70. The van der Waals surface area contributed by atoms with Crippen LogP contribution in [-0.4, -0.2) is 34.9 Å². The minimum Gasteiger partial charge on any atom is -0.497 e. The fourth-order valence-electron chi connectivity index (χ4n) is 3.75. The fourth-order valence-corrected chi connectivity index (χ4v) is 3.75. The van der Waals surface area contributed by atoms with E-state index in [9.17, 15) is 4.79 Å². The van der Waals surface area contributed by atoms with E-state index in [1.54, 1.807) is 25.0 Å². The molecule has 0 radical (unpaired) electrons. The molecule has 2 aromatic carbocycles. The van der Waals surface area contributed by atoms with Gasteiger partial charge in [0.25, 0.3) is 5.91 Å². The van der Waals surface area contributed by atoms with Gasteiger partial charge in [-0.1, -0.05) is 17.7 Å². The van der Waals surface area contributed by atoms with Crippen LogP contribution in [0.5, 0.6) is 11.5 Å². The first kappa shape index (κ1) is 21.4. The van der Waals surface area contributed by atoms with Crippen molar-refractivity contribution in [3.05, 3.63) is 76.6 Å². The zero-order valence-corrected chi connectivity index (χ0v) is 18.9. The Kier molecular flexibility index (Phi) is 5.81. The molecule has 4 rings (SSSR count). The van der Waals surface area contributed by atoms with Crippen molar-refractivity contribution in [3.63, 3.8) is 0 Å². The first-order valence-corrected chi connectivity index (χ1v) is 10.3. The van der Waals surface area contributed by atoms with Crippen LogP contribution in [0.1, 0.15) is 32.9 Å². The van der Waals surface area contributed by atoms with Gasteiger partial charge in [-0.25, -0.2) is 9.67 Å². The van der Waals surface area contributed by atoms with Gasteiger partial charge >= 0.3 is 0 Å². The van der Waals surface area contributed by atoms with Gasteiger partial charge in [0.05, 0.1) is 36.6 Å². The summed E-state index contributed by atoms with van der Waals surface area (Å²) >= 11 is 0. The lowest BCUT2D eigenvalue weighted by Crippen LogP contribution is -2.23. The third kappa shape index (κ3) is 4.01. The summed E-state index contributed by atoms with van der Waals surface area (Å²) in [5, 5.41) is 8.43. The maximum absolute atomic E-state index is 13.2. The lowest BCUT2D eigenvalue weighted by molar-refractivity contribution is 0.0952. The molecule has 164 valence electrons. The highest BCUT2D eigenvalue weighted by molar-refractivity contribution is 6.06. The van der Waals surface area contributed by atoms with Gasteiger partial charge in [0, 0.05) is 17.8 Å². The molecule has 0 fully saturated rings. The van der Waals surface area contributed by atoms with Crippen molar-refractivity contribution in [2.75, 3.05) is 14.2 Å². The van der Waals surface area contributed by atoms with Gasteiger partial charge in [-0.15, -0.1) is 0 Å². The monoisotopic (exact) mass is 430 g/mol. The van der Waals surface area contributed by atoms with E-state index in [1.165, 1.54) is 5.56 Å². The molecule has 0 bridgehead atoms. The summed E-state index contributed by atoms with van der Waals surface area (Å²) in [6.45, 7) is 6.11. The van der Waals surface area contributed by atoms with Crippen LogP contribution in [0.4, 0.5) is 0 Å². The van der Waals surface area contributed by atoms with Crippen molar-refractivity contribution >= 4 is 16.9 Å². The Labute approximate surface area is 187 Å². The molecule has 0 saturated heterocycles. The molecule has 2 aromatic heterocycles. The molecule has 1 N–H and O–H groups in total. The third-order valence-corrected chi connectivity index (χ3v) is 5.39. The molecule has 0 saturated carbocycles. The van der Waals surface area contributed by atoms with Crippen molar-refractivity contribution < 1.29 is 14.3 Å². The van der Waals surface area contributed by atoms with Crippen molar-refractivity contribution in [1.82, 2.24) is 20.1 Å². The lowest BCUT2D eigenvalue weighted by Gasteiger charge is -2.12. The number of ether oxygens (including phenoxy) is 2. The molecule has 0 aliphatic carbocycles. The summed E-state index contributed by atoms with van der Waals surface area (Å²) < 4.78 is 12.5. The van der Waals surface area contributed by atoms with E-state index in [-0.39, 0.29) is 5.91 Å². The number of aromatic nitrogens is 3. The quantitative estimate of drug-likeness (QED) is 0.494. The van der Waals surface area contributed by atoms with Crippen LogP contribution in [0.15, 0.2) is 48.5 Å². The van der Waals surface area contributed by atoms with E-state index in [0.717, 1.165) is 28.0 Å². The molecule has 7 nitrogen and oxygen atoms in total. The standard InChI is InChI=1S/C25H26N4O3/c1-15-6-8-19(9-7-15)29-24-23(17(3)28-29)21(12-16(2)27-24)25(30)26-14-18-13-20(31-4)10-11-22(18)32-5/h6-13H,14H2,1-5H3,(H,26,30). The molecular weight excluding hydrogens is 404 g/mol. The predicted octanol–water partition coefficient (Wildman–Crippen LogP) is 4.29. The molecule has 0 spiro atoms. The number of hydrogen-bond donors (Lipinski definition) is 1. The van der Waals surface area contributed by atoms with E-state index < -0.39 is 0 Å². The van der Waals surface area contributed by atoms with Crippen molar-refractivity contribution in [2.45, 2.75) is 27.3 Å². The van der Waals surface area contributed by atoms with Gasteiger partial charge in [0.15, 0.2) is 5.65 Å². The van der Waals surface area contributed by atoms with Crippen LogP contribution in [-0.2, 0) is 6.54 Å². The highest BCUT2D eigenvalue weighted by atomic mass is 16.5. The first-order chi connectivity index (χ1) is 15.4. The van der Waals surface area contributed by atoms with E-state index in [4.69, 9.17) is 14.5 Å². The number of rotatable bonds is 6. The van der Waals surface area contributed by atoms with E-state index in [0.29, 0.717) is 29.3 Å². The highest BCUT2D eigenvalue weighted by Gasteiger charge is 2.20. The van der Waals surface area contributed by atoms with Gasteiger partial charge in [0.1, 0.15) is 11.5 Å². The Balaban J connectivity index is 1.70. The molecular formula is C25H26N4O3. The van der Waals surface area contributed by atoms with Crippen molar-refractivity contribution in [1.29, 1.82) is 0 Å². The molecule has 4 aromatic rings. The minimum absolute atomic E-state index is 0.197. The zero-order chi connectivity index (χ0) is 22.8. The van der Waals surface area contributed by atoms with Crippen molar-refractivity contribution in [3.8, 4) is 17.2 Å². The van der Waals surface area contributed by atoms with Gasteiger partial charge in [-0.3, -0.25) is 4.79 Å². The summed E-state index contributed by atoms with van der Waals surface area (Å²) in [6, 6.07) is 15.4. The normalized spacial score (nSPS) is 10.9. The third-order valence-electron chi connectivity index (χ3n) is 5.39. The number of amides is 1. The number of methoxy groups -OCH3 is 2. The van der Waals surface area contributed by atoms with Crippen LogP contribution in [0.3, 0.4) is 0 Å². The topological polar surface area (TPSA) is 78.3 Å². The summed E-state index contributed by atoms with van der Waals surface area (Å²) in [6.07, 6.45) is 0. The number of benzene rings is 2.